The van der Waals surface area contributed by atoms with E-state index in [9.17, 15) is 23.9 Å². The first-order chi connectivity index (χ1) is 8.71. The van der Waals surface area contributed by atoms with Gasteiger partial charge in [-0.1, -0.05) is 13.8 Å². The van der Waals surface area contributed by atoms with Crippen molar-refractivity contribution in [2.24, 2.45) is 11.3 Å². The highest BCUT2D eigenvalue weighted by Gasteiger charge is 2.49. The fourth-order valence-corrected chi connectivity index (χ4v) is 1.78. The van der Waals surface area contributed by atoms with E-state index in [1.54, 1.807) is 0 Å². The van der Waals surface area contributed by atoms with E-state index < -0.39 is 34.7 Å². The Balaban J connectivity index is 3.27. The topological polar surface area (TPSA) is 71.4 Å². The van der Waals surface area contributed by atoms with Gasteiger partial charge in [0.1, 0.15) is 5.82 Å². The van der Waals surface area contributed by atoms with Gasteiger partial charge in [-0.05, 0) is 31.2 Å². The largest absolute Gasteiger partial charge is 0.480 e. The highest BCUT2D eigenvalue weighted by Crippen LogP contribution is 2.28. The molecule has 1 aromatic carbocycles. The van der Waals surface area contributed by atoms with Gasteiger partial charge in [-0.15, -0.1) is 0 Å². The number of hydrogen-bond donors (Lipinski definition) is 1. The molecule has 1 rings (SSSR count). The van der Waals surface area contributed by atoms with Crippen LogP contribution in [0.15, 0.2) is 24.3 Å². The summed E-state index contributed by atoms with van der Waals surface area (Å²) in [6.45, 7) is 4.15. The molecule has 0 aliphatic carbocycles. The summed E-state index contributed by atoms with van der Waals surface area (Å²) in [7, 11) is 0. The predicted octanol–water partition coefficient (Wildman–Crippen LogP) is 2.32. The van der Waals surface area contributed by atoms with Crippen LogP contribution in [0.3, 0.4) is 0 Å². The van der Waals surface area contributed by atoms with E-state index in [4.69, 9.17) is 0 Å². The zero-order valence-electron chi connectivity index (χ0n) is 10.9. The van der Waals surface area contributed by atoms with Crippen molar-refractivity contribution in [2.45, 2.75) is 20.8 Å². The predicted molar refractivity (Wildman–Crippen MR) is 66.3 cm³/mol. The number of Topliss-reactive ketones (excluding diaryl/α,β-unsaturated/α-hetero) is 2. The van der Waals surface area contributed by atoms with Crippen molar-refractivity contribution in [2.75, 3.05) is 0 Å². The third kappa shape index (κ3) is 2.70. The number of carbonyl (C=O) groups is 3. The summed E-state index contributed by atoms with van der Waals surface area (Å²) in [5, 5.41) is 9.22. The molecule has 1 atom stereocenters. The summed E-state index contributed by atoms with van der Waals surface area (Å²) in [5.41, 5.74) is -2.15. The van der Waals surface area contributed by atoms with E-state index in [0.717, 1.165) is 19.1 Å². The second-order valence-electron chi connectivity index (χ2n) is 4.79. The number of aliphatic carboxylic acids is 1. The first-order valence-corrected chi connectivity index (χ1v) is 5.79. The van der Waals surface area contributed by atoms with Crippen LogP contribution in [0.4, 0.5) is 4.39 Å². The molecule has 0 amide bonds. The van der Waals surface area contributed by atoms with Gasteiger partial charge in [-0.2, -0.15) is 0 Å². The van der Waals surface area contributed by atoms with E-state index in [2.05, 4.69) is 0 Å². The highest BCUT2D eigenvalue weighted by atomic mass is 19.1. The van der Waals surface area contributed by atoms with Crippen LogP contribution in [0.2, 0.25) is 0 Å². The van der Waals surface area contributed by atoms with Crippen LogP contribution in [0.25, 0.3) is 0 Å². The molecule has 0 saturated carbocycles. The molecule has 0 saturated heterocycles. The highest BCUT2D eigenvalue weighted by molar-refractivity contribution is 6.26. The Bertz CT molecular complexity index is 519. The molecule has 102 valence electrons. The second kappa shape index (κ2) is 5.30. The van der Waals surface area contributed by atoms with E-state index in [-0.39, 0.29) is 5.56 Å². The van der Waals surface area contributed by atoms with Crippen molar-refractivity contribution in [1.82, 2.24) is 0 Å². The van der Waals surface area contributed by atoms with Crippen LogP contribution >= 0.6 is 0 Å². The average Bonchev–Trinajstić information content (AvgIpc) is 2.36. The minimum Gasteiger partial charge on any atom is -0.480 e. The lowest BCUT2D eigenvalue weighted by Gasteiger charge is -2.23. The Morgan fingerprint density at radius 2 is 1.63 bits per heavy atom. The lowest BCUT2D eigenvalue weighted by molar-refractivity contribution is -0.151. The monoisotopic (exact) mass is 266 g/mol. The molecular weight excluding hydrogens is 251 g/mol. The van der Waals surface area contributed by atoms with Gasteiger partial charge in [-0.25, -0.2) is 4.39 Å². The zero-order valence-corrected chi connectivity index (χ0v) is 10.9. The number of carbonyl (C=O) groups excluding carboxylic acids is 2. The van der Waals surface area contributed by atoms with E-state index in [1.165, 1.54) is 26.0 Å². The summed E-state index contributed by atoms with van der Waals surface area (Å²) in [6, 6.07) is 4.45. The average molecular weight is 266 g/mol. The van der Waals surface area contributed by atoms with Crippen LogP contribution < -0.4 is 0 Å². The van der Waals surface area contributed by atoms with Crippen molar-refractivity contribution in [3.63, 3.8) is 0 Å². The van der Waals surface area contributed by atoms with Gasteiger partial charge in [0.2, 0.25) is 0 Å². The van der Waals surface area contributed by atoms with Gasteiger partial charge in [-0.3, -0.25) is 14.4 Å². The Hall–Kier alpha value is -2.04. The molecule has 4 nitrogen and oxygen atoms in total. The lowest BCUT2D eigenvalue weighted by Crippen LogP contribution is -2.45. The van der Waals surface area contributed by atoms with Crippen molar-refractivity contribution in [3.05, 3.63) is 35.6 Å². The molecule has 0 bridgehead atoms. The minimum absolute atomic E-state index is 0.000278. The smallest absolute Gasteiger partial charge is 0.324 e. The number of rotatable bonds is 5. The maximum atomic E-state index is 12.8. The molecule has 0 heterocycles. The van der Waals surface area contributed by atoms with Crippen molar-refractivity contribution in [3.8, 4) is 0 Å². The van der Waals surface area contributed by atoms with Gasteiger partial charge in [0.15, 0.2) is 17.0 Å². The van der Waals surface area contributed by atoms with E-state index >= 15 is 0 Å². The fourth-order valence-electron chi connectivity index (χ4n) is 1.78. The van der Waals surface area contributed by atoms with Gasteiger partial charge in [0, 0.05) is 11.5 Å². The summed E-state index contributed by atoms with van der Waals surface area (Å²) in [6.07, 6.45) is 0. The van der Waals surface area contributed by atoms with Crippen LogP contribution in [0.5, 0.6) is 0 Å². The number of carboxylic acid groups (broad SMARTS) is 1. The number of halogens is 1. The molecule has 1 aromatic rings. The molecule has 0 fully saturated rings. The van der Waals surface area contributed by atoms with Crippen molar-refractivity contribution >= 4 is 17.5 Å². The van der Waals surface area contributed by atoms with E-state index in [1.807, 2.05) is 0 Å². The molecule has 0 spiro atoms. The molecule has 0 aliphatic heterocycles. The first kappa shape index (κ1) is 15.0. The normalized spacial score (nSPS) is 13.9. The van der Waals surface area contributed by atoms with Crippen LogP contribution in [-0.4, -0.2) is 22.6 Å². The Kier molecular flexibility index (Phi) is 4.19. The van der Waals surface area contributed by atoms with Crippen molar-refractivity contribution in [1.29, 1.82) is 0 Å². The van der Waals surface area contributed by atoms with Gasteiger partial charge in [0.25, 0.3) is 0 Å². The molecule has 0 aromatic heterocycles. The van der Waals surface area contributed by atoms with Gasteiger partial charge in [0.05, 0.1) is 0 Å². The van der Waals surface area contributed by atoms with Crippen LogP contribution in [-0.2, 0) is 9.59 Å². The Morgan fingerprint density at radius 1 is 1.16 bits per heavy atom. The molecule has 0 aliphatic rings. The molecular formula is C14H15FO4. The minimum atomic E-state index is -2.15. The van der Waals surface area contributed by atoms with Crippen LogP contribution in [0.1, 0.15) is 31.1 Å². The first-order valence-electron chi connectivity index (χ1n) is 5.79. The van der Waals surface area contributed by atoms with Gasteiger partial charge < -0.3 is 5.11 Å². The molecule has 19 heavy (non-hydrogen) atoms. The zero-order chi connectivity index (χ0) is 14.8. The summed E-state index contributed by atoms with van der Waals surface area (Å²) < 4.78 is 12.8. The number of carboxylic acids is 1. The lowest BCUT2D eigenvalue weighted by atomic mass is 9.75. The Labute approximate surface area is 110 Å². The van der Waals surface area contributed by atoms with Gasteiger partial charge >= 0.3 is 5.97 Å². The second-order valence-corrected chi connectivity index (χ2v) is 4.79. The third-order valence-electron chi connectivity index (χ3n) is 3.01. The molecule has 0 radical (unpaired) electrons. The fraction of sp³-hybridized carbons (Fsp3) is 0.357. The number of benzene rings is 1. The third-order valence-corrected chi connectivity index (χ3v) is 3.01. The maximum absolute atomic E-state index is 12.8. The Morgan fingerprint density at radius 3 is 2.00 bits per heavy atom. The number of ketones is 2. The summed E-state index contributed by atoms with van der Waals surface area (Å²) in [4.78, 5) is 35.6. The SMILES string of the molecule is CC(C)C(=O)C(C)(C(=O)O)C(=O)c1ccc(F)cc1. The summed E-state index contributed by atoms with van der Waals surface area (Å²) in [5.74, 6) is -4.14. The van der Waals surface area contributed by atoms with Crippen LogP contribution in [0, 0.1) is 17.2 Å². The van der Waals surface area contributed by atoms with Crippen molar-refractivity contribution < 1.29 is 23.9 Å². The maximum Gasteiger partial charge on any atom is 0.324 e. The quantitative estimate of drug-likeness (QED) is 0.655. The van der Waals surface area contributed by atoms with E-state index in [0.29, 0.717) is 0 Å². The molecule has 1 N–H and O–H groups in total. The molecule has 1 unspecified atom stereocenters. The standard InChI is InChI=1S/C14H15FO4/c1-8(2)11(16)14(3,13(18)19)12(17)9-4-6-10(15)7-5-9/h4-8H,1-3H3,(H,18,19). The summed E-state index contributed by atoms with van der Waals surface area (Å²) >= 11 is 0. The molecule has 5 heteroatoms. The number of hydrogen-bond acceptors (Lipinski definition) is 3.